The number of carbonyl (C=O) groups is 3. The van der Waals surface area contributed by atoms with Gasteiger partial charge in [-0.2, -0.15) is 0 Å². The number of carboxylic acid groups (broad SMARTS) is 1. The molecule has 0 aromatic heterocycles. The van der Waals surface area contributed by atoms with Gasteiger partial charge in [-0.15, -0.1) is 0 Å². The number of hydrogen-bond donors (Lipinski definition) is 1. The van der Waals surface area contributed by atoms with E-state index < -0.39 is 18.4 Å². The summed E-state index contributed by atoms with van der Waals surface area (Å²) in [6, 6.07) is 0. The van der Waals surface area contributed by atoms with Crippen molar-refractivity contribution in [3.05, 3.63) is 48.6 Å². The molecule has 0 rings (SSSR count). The Labute approximate surface area is 565 Å². The minimum atomic E-state index is -1.51. The van der Waals surface area contributed by atoms with Gasteiger partial charge in [0, 0.05) is 12.8 Å². The van der Waals surface area contributed by atoms with E-state index in [1.807, 2.05) is 21.1 Å². The number of carboxylic acids is 1. The molecule has 0 aliphatic rings. The average Bonchev–Trinajstić information content (AvgIpc) is 3.46. The van der Waals surface area contributed by atoms with Gasteiger partial charge in [0.05, 0.1) is 34.4 Å². The van der Waals surface area contributed by atoms with Crippen LogP contribution in [0.1, 0.15) is 399 Å². The summed E-state index contributed by atoms with van der Waals surface area (Å²) >= 11 is 0. The van der Waals surface area contributed by atoms with Crippen molar-refractivity contribution < 1.29 is 42.9 Å². The van der Waals surface area contributed by atoms with Gasteiger partial charge in [0.25, 0.3) is 6.29 Å². The molecular formula is C82H154NO8+. The normalized spacial score (nSPS) is 12.8. The summed E-state index contributed by atoms with van der Waals surface area (Å²) in [5.74, 6) is -1.97. The molecule has 0 aromatic rings. The van der Waals surface area contributed by atoms with E-state index >= 15 is 0 Å². The zero-order valence-corrected chi connectivity index (χ0v) is 61.3. The van der Waals surface area contributed by atoms with Crippen molar-refractivity contribution in [3.8, 4) is 0 Å². The van der Waals surface area contributed by atoms with Crippen molar-refractivity contribution in [1.82, 2.24) is 0 Å². The lowest BCUT2D eigenvalue weighted by molar-refractivity contribution is -0.870. The number of hydrogen-bond acceptors (Lipinski definition) is 7. The maximum absolute atomic E-state index is 13.0. The highest BCUT2D eigenvalue weighted by atomic mass is 16.7. The van der Waals surface area contributed by atoms with Gasteiger partial charge in [-0.05, 0) is 51.4 Å². The molecule has 0 saturated carbocycles. The largest absolute Gasteiger partial charge is 0.477 e. The van der Waals surface area contributed by atoms with Crippen LogP contribution in [0.25, 0.3) is 0 Å². The van der Waals surface area contributed by atoms with Crippen LogP contribution in [-0.2, 0) is 33.3 Å². The van der Waals surface area contributed by atoms with Gasteiger partial charge in [0.15, 0.2) is 6.10 Å². The second-order valence-corrected chi connectivity index (χ2v) is 28.4. The van der Waals surface area contributed by atoms with Crippen LogP contribution in [0.4, 0.5) is 0 Å². The van der Waals surface area contributed by atoms with Crippen LogP contribution in [0.15, 0.2) is 48.6 Å². The molecule has 0 heterocycles. The zero-order valence-electron chi connectivity index (χ0n) is 61.3. The topological polar surface area (TPSA) is 108 Å². The van der Waals surface area contributed by atoms with E-state index in [1.54, 1.807) is 0 Å². The van der Waals surface area contributed by atoms with Crippen LogP contribution in [0, 0.1) is 0 Å². The molecule has 0 aliphatic heterocycles. The van der Waals surface area contributed by atoms with E-state index in [1.165, 1.54) is 308 Å². The number of nitrogens with zero attached hydrogens (tertiary/aromatic N) is 1. The molecule has 0 aromatic carbocycles. The first-order valence-electron chi connectivity index (χ1n) is 39.8. The van der Waals surface area contributed by atoms with Gasteiger partial charge in [0.2, 0.25) is 0 Å². The van der Waals surface area contributed by atoms with Crippen LogP contribution in [0.5, 0.6) is 0 Å². The summed E-state index contributed by atoms with van der Waals surface area (Å²) in [5.41, 5.74) is 0. The first-order valence-corrected chi connectivity index (χ1v) is 39.8. The fourth-order valence-corrected chi connectivity index (χ4v) is 12.1. The SMILES string of the molecule is CC/C=C\C/C=C\C/C=C\C/C=C\CCCCCCCCCCCCCCCCCCCCCCCCC(=O)OC(COC(=O)CCCCCCCCCCCCCCCCCCCCCCCCCCCCCCCCC)COC(OCC[N+](C)(C)C)C(=O)O. The summed E-state index contributed by atoms with van der Waals surface area (Å²) in [4.78, 5) is 37.7. The third kappa shape index (κ3) is 74.5. The molecule has 91 heavy (non-hydrogen) atoms. The molecule has 0 amide bonds. The third-order valence-electron chi connectivity index (χ3n) is 18.1. The van der Waals surface area contributed by atoms with Crippen molar-refractivity contribution >= 4 is 17.9 Å². The zero-order chi connectivity index (χ0) is 66.1. The number of unbranched alkanes of at least 4 members (excludes halogenated alkanes) is 52. The minimum Gasteiger partial charge on any atom is -0.477 e. The van der Waals surface area contributed by atoms with Crippen LogP contribution >= 0.6 is 0 Å². The summed E-state index contributed by atoms with van der Waals surface area (Å²) in [5, 5.41) is 9.77. The lowest BCUT2D eigenvalue weighted by atomic mass is 10.0. The standard InChI is InChI=1S/C82H153NO8/c1-6-8-10-12-14-16-18-20-22-24-26-28-30-32-34-36-38-39-40-41-43-45-47-49-51-53-55-57-59-61-63-65-67-69-71-73-80(85)91-78(77-90-82(81(86)87)88-75-74-83(3,4)5)76-89-79(84)72-70-68-66-64-62-60-58-56-54-52-50-48-46-44-42-37-35-33-31-29-27-25-23-21-19-17-15-13-11-9-7-2/h8,10,14,16,20,22,26,28,78,82H,6-7,9,11-13,15,17-19,21,23-25,27,29-77H2,1-5H3/p+1/b10-8-,16-14-,22-20-,28-26-. The van der Waals surface area contributed by atoms with Gasteiger partial charge in [-0.3, -0.25) is 9.59 Å². The van der Waals surface area contributed by atoms with E-state index in [0.29, 0.717) is 17.4 Å². The molecule has 534 valence electrons. The Morgan fingerprint density at radius 3 is 0.934 bits per heavy atom. The Morgan fingerprint density at radius 2 is 0.626 bits per heavy atom. The number of rotatable bonds is 75. The highest BCUT2D eigenvalue weighted by Crippen LogP contribution is 2.20. The summed E-state index contributed by atoms with van der Waals surface area (Å²) in [6.45, 7) is 4.85. The number of quaternary nitrogens is 1. The molecule has 0 bridgehead atoms. The Hall–Kier alpha value is -2.75. The van der Waals surface area contributed by atoms with Crippen molar-refractivity contribution in [2.45, 2.75) is 411 Å². The highest BCUT2D eigenvalue weighted by molar-refractivity contribution is 5.71. The fourth-order valence-electron chi connectivity index (χ4n) is 12.1. The molecule has 1 N–H and O–H groups in total. The molecular weight excluding hydrogens is 1130 g/mol. The minimum absolute atomic E-state index is 0.175. The molecule has 0 spiro atoms. The molecule has 2 unspecified atom stereocenters. The second kappa shape index (κ2) is 73.1. The fraction of sp³-hybridized carbons (Fsp3) is 0.866. The van der Waals surface area contributed by atoms with Gasteiger partial charge >= 0.3 is 17.9 Å². The van der Waals surface area contributed by atoms with Crippen LogP contribution in [0.3, 0.4) is 0 Å². The quantitative estimate of drug-likeness (QED) is 0.0211. The molecule has 0 radical (unpaired) electrons. The van der Waals surface area contributed by atoms with Crippen molar-refractivity contribution in [1.29, 1.82) is 0 Å². The third-order valence-corrected chi connectivity index (χ3v) is 18.1. The van der Waals surface area contributed by atoms with E-state index in [2.05, 4.69) is 62.5 Å². The second-order valence-electron chi connectivity index (χ2n) is 28.4. The molecule has 9 heteroatoms. The van der Waals surface area contributed by atoms with Gasteiger partial charge in [0.1, 0.15) is 13.2 Å². The predicted octanol–water partition coefficient (Wildman–Crippen LogP) is 25.3. The Bertz CT molecular complexity index is 1630. The van der Waals surface area contributed by atoms with Crippen LogP contribution in [-0.4, -0.2) is 87.4 Å². The molecule has 2 atom stereocenters. The van der Waals surface area contributed by atoms with Crippen LogP contribution < -0.4 is 0 Å². The predicted molar refractivity (Wildman–Crippen MR) is 392 cm³/mol. The Morgan fingerprint density at radius 1 is 0.341 bits per heavy atom. The Kier molecular flexibility index (Phi) is 70.9. The van der Waals surface area contributed by atoms with Gasteiger partial charge < -0.3 is 28.5 Å². The van der Waals surface area contributed by atoms with Gasteiger partial charge in [-0.25, -0.2) is 4.79 Å². The van der Waals surface area contributed by atoms with E-state index in [4.69, 9.17) is 18.9 Å². The monoisotopic (exact) mass is 1280 g/mol. The molecule has 0 fully saturated rings. The van der Waals surface area contributed by atoms with E-state index in [0.717, 1.165) is 64.2 Å². The summed E-state index contributed by atoms with van der Waals surface area (Å²) in [6.07, 6.45) is 92.7. The number of allylic oxidation sites excluding steroid dienone is 8. The number of ether oxygens (including phenoxy) is 4. The molecule has 0 aliphatic carbocycles. The maximum atomic E-state index is 13.0. The van der Waals surface area contributed by atoms with E-state index in [9.17, 15) is 19.5 Å². The number of esters is 2. The Balaban J connectivity index is 3.97. The van der Waals surface area contributed by atoms with Crippen LogP contribution in [0.2, 0.25) is 0 Å². The van der Waals surface area contributed by atoms with E-state index in [-0.39, 0.29) is 38.2 Å². The first kappa shape index (κ1) is 88.2. The lowest BCUT2D eigenvalue weighted by Crippen LogP contribution is -2.40. The lowest BCUT2D eigenvalue weighted by Gasteiger charge is -2.25. The first-order chi connectivity index (χ1) is 44.6. The average molecular weight is 1280 g/mol. The molecule has 9 nitrogen and oxygen atoms in total. The van der Waals surface area contributed by atoms with Gasteiger partial charge in [-0.1, -0.05) is 383 Å². The van der Waals surface area contributed by atoms with Crippen molar-refractivity contribution in [3.63, 3.8) is 0 Å². The number of likely N-dealkylation sites (N-methyl/N-ethyl adjacent to an activating group) is 1. The summed E-state index contributed by atoms with van der Waals surface area (Å²) < 4.78 is 23.1. The smallest absolute Gasteiger partial charge is 0.361 e. The van der Waals surface area contributed by atoms with Crippen molar-refractivity contribution in [2.24, 2.45) is 0 Å². The number of carbonyl (C=O) groups excluding carboxylic acids is 2. The number of aliphatic carboxylic acids is 1. The molecule has 0 saturated heterocycles. The van der Waals surface area contributed by atoms with Crippen molar-refractivity contribution in [2.75, 3.05) is 47.5 Å². The summed E-state index contributed by atoms with van der Waals surface area (Å²) in [7, 11) is 6.00. The maximum Gasteiger partial charge on any atom is 0.361 e. The highest BCUT2D eigenvalue weighted by Gasteiger charge is 2.25.